The van der Waals surface area contributed by atoms with E-state index in [-0.39, 0.29) is 11.8 Å². The summed E-state index contributed by atoms with van der Waals surface area (Å²) in [6.07, 6.45) is 10.9. The number of hydrogen-bond acceptors (Lipinski definition) is 2. The van der Waals surface area contributed by atoms with Crippen LogP contribution in [0.3, 0.4) is 0 Å². The molecule has 3 N–H and O–H groups in total. The standard InChI is InChI=1S/C16H28N2OS/c1-12-8-10-16(11-9-12,15(17)20)18-14(19)13-6-4-2-3-5-7-13/h12-13H,2-11H2,1H3,(H2,17,20)(H,18,19). The molecule has 2 rings (SSSR count). The Morgan fingerprint density at radius 1 is 1.10 bits per heavy atom. The van der Waals surface area contributed by atoms with Gasteiger partial charge in [-0.3, -0.25) is 4.79 Å². The number of carbonyl (C=O) groups excluding carboxylic acids is 1. The summed E-state index contributed by atoms with van der Waals surface area (Å²) in [6, 6.07) is 0. The van der Waals surface area contributed by atoms with Gasteiger partial charge in [-0.2, -0.15) is 0 Å². The molecule has 2 aliphatic rings. The second kappa shape index (κ2) is 6.88. The van der Waals surface area contributed by atoms with Gasteiger partial charge in [0.25, 0.3) is 0 Å². The first-order chi connectivity index (χ1) is 9.53. The van der Waals surface area contributed by atoms with Crippen molar-refractivity contribution in [3.8, 4) is 0 Å². The second-order valence-corrected chi connectivity index (χ2v) is 7.25. The van der Waals surface area contributed by atoms with Crippen molar-refractivity contribution < 1.29 is 4.79 Å². The van der Waals surface area contributed by atoms with Gasteiger partial charge in [0, 0.05) is 5.92 Å². The van der Waals surface area contributed by atoms with Crippen LogP contribution >= 0.6 is 12.2 Å². The van der Waals surface area contributed by atoms with Crippen molar-refractivity contribution in [2.24, 2.45) is 17.6 Å². The van der Waals surface area contributed by atoms with Crippen LogP contribution in [0.15, 0.2) is 0 Å². The minimum absolute atomic E-state index is 0.170. The summed E-state index contributed by atoms with van der Waals surface area (Å²) in [7, 11) is 0. The highest BCUT2D eigenvalue weighted by Crippen LogP contribution is 2.33. The van der Waals surface area contributed by atoms with Gasteiger partial charge in [0.15, 0.2) is 0 Å². The lowest BCUT2D eigenvalue weighted by Crippen LogP contribution is -2.59. The van der Waals surface area contributed by atoms with Gasteiger partial charge in [0.1, 0.15) is 0 Å². The summed E-state index contributed by atoms with van der Waals surface area (Å²) < 4.78 is 0. The normalized spacial score (nSPS) is 32.4. The Bertz CT molecular complexity index is 353. The monoisotopic (exact) mass is 296 g/mol. The lowest BCUT2D eigenvalue weighted by molar-refractivity contribution is -0.127. The number of nitrogens with two attached hydrogens (primary N) is 1. The summed E-state index contributed by atoms with van der Waals surface area (Å²) in [5.41, 5.74) is 5.56. The zero-order valence-corrected chi connectivity index (χ0v) is 13.4. The first-order valence-corrected chi connectivity index (χ1v) is 8.56. The van der Waals surface area contributed by atoms with E-state index in [9.17, 15) is 4.79 Å². The molecule has 0 aliphatic heterocycles. The van der Waals surface area contributed by atoms with E-state index in [1.165, 1.54) is 25.7 Å². The number of nitrogens with one attached hydrogen (secondary N) is 1. The summed E-state index contributed by atoms with van der Waals surface area (Å²) in [6.45, 7) is 2.26. The fourth-order valence-corrected chi connectivity index (χ4v) is 3.82. The Hall–Kier alpha value is -0.640. The van der Waals surface area contributed by atoms with Crippen LogP contribution in [0.2, 0.25) is 0 Å². The minimum atomic E-state index is -0.411. The molecule has 0 saturated heterocycles. The van der Waals surface area contributed by atoms with E-state index in [4.69, 9.17) is 18.0 Å². The van der Waals surface area contributed by atoms with E-state index >= 15 is 0 Å². The molecule has 20 heavy (non-hydrogen) atoms. The van der Waals surface area contributed by atoms with Crippen molar-refractivity contribution in [1.82, 2.24) is 5.32 Å². The highest BCUT2D eigenvalue weighted by atomic mass is 32.1. The first-order valence-electron chi connectivity index (χ1n) is 8.15. The summed E-state index contributed by atoms with van der Waals surface area (Å²) in [4.78, 5) is 13.1. The molecule has 2 aliphatic carbocycles. The SMILES string of the molecule is CC1CCC(NC(=O)C2CCCCCC2)(C(N)=S)CC1. The van der Waals surface area contributed by atoms with Gasteiger partial charge in [-0.05, 0) is 44.4 Å². The predicted molar refractivity (Wildman–Crippen MR) is 86.5 cm³/mol. The third-order valence-electron chi connectivity index (χ3n) is 5.19. The Morgan fingerprint density at radius 3 is 2.15 bits per heavy atom. The van der Waals surface area contributed by atoms with Gasteiger partial charge in [-0.15, -0.1) is 0 Å². The van der Waals surface area contributed by atoms with Crippen molar-refractivity contribution in [1.29, 1.82) is 0 Å². The van der Waals surface area contributed by atoms with E-state index < -0.39 is 5.54 Å². The largest absolute Gasteiger partial charge is 0.391 e. The van der Waals surface area contributed by atoms with E-state index in [2.05, 4.69) is 12.2 Å². The molecule has 0 heterocycles. The third kappa shape index (κ3) is 3.72. The maximum absolute atomic E-state index is 12.6. The average Bonchev–Trinajstić information content (AvgIpc) is 2.70. The minimum Gasteiger partial charge on any atom is -0.391 e. The van der Waals surface area contributed by atoms with Crippen LogP contribution < -0.4 is 11.1 Å². The maximum Gasteiger partial charge on any atom is 0.223 e. The Balaban J connectivity index is 2.00. The van der Waals surface area contributed by atoms with Crippen molar-refractivity contribution in [2.45, 2.75) is 76.7 Å². The number of rotatable bonds is 3. The smallest absolute Gasteiger partial charge is 0.223 e. The van der Waals surface area contributed by atoms with E-state index in [0.29, 0.717) is 10.9 Å². The van der Waals surface area contributed by atoms with E-state index in [0.717, 1.165) is 38.5 Å². The lowest BCUT2D eigenvalue weighted by atomic mass is 9.76. The fraction of sp³-hybridized carbons (Fsp3) is 0.875. The molecule has 3 nitrogen and oxygen atoms in total. The topological polar surface area (TPSA) is 55.1 Å². The van der Waals surface area contributed by atoms with Gasteiger partial charge >= 0.3 is 0 Å². The Kier molecular flexibility index (Phi) is 5.42. The zero-order valence-electron chi connectivity index (χ0n) is 12.6. The van der Waals surface area contributed by atoms with Crippen molar-refractivity contribution in [3.63, 3.8) is 0 Å². The van der Waals surface area contributed by atoms with Gasteiger partial charge in [-0.25, -0.2) is 0 Å². The molecule has 0 spiro atoms. The molecule has 0 radical (unpaired) electrons. The predicted octanol–water partition coefficient (Wildman–Crippen LogP) is 3.31. The second-order valence-electron chi connectivity index (χ2n) is 6.81. The third-order valence-corrected chi connectivity index (χ3v) is 5.58. The fourth-order valence-electron chi connectivity index (χ4n) is 3.57. The van der Waals surface area contributed by atoms with Crippen LogP contribution in [0.25, 0.3) is 0 Å². The van der Waals surface area contributed by atoms with Gasteiger partial charge in [0.2, 0.25) is 5.91 Å². The highest BCUT2D eigenvalue weighted by Gasteiger charge is 2.39. The molecule has 0 bridgehead atoms. The molecule has 0 atom stereocenters. The Labute approximate surface area is 128 Å². The summed E-state index contributed by atoms with van der Waals surface area (Å²) in [5, 5.41) is 3.24. The number of amides is 1. The van der Waals surface area contributed by atoms with Crippen LogP contribution in [0, 0.1) is 11.8 Å². The zero-order chi connectivity index (χ0) is 14.6. The lowest BCUT2D eigenvalue weighted by Gasteiger charge is -2.40. The van der Waals surface area contributed by atoms with Gasteiger partial charge < -0.3 is 11.1 Å². The molecule has 4 heteroatoms. The van der Waals surface area contributed by atoms with Crippen molar-refractivity contribution >= 4 is 23.1 Å². The maximum atomic E-state index is 12.6. The van der Waals surface area contributed by atoms with Crippen molar-refractivity contribution in [2.75, 3.05) is 0 Å². The van der Waals surface area contributed by atoms with Crippen LogP contribution in [-0.2, 0) is 4.79 Å². The van der Waals surface area contributed by atoms with Crippen LogP contribution in [0.5, 0.6) is 0 Å². The molecule has 0 aromatic heterocycles. The molecular formula is C16H28N2OS. The number of thiocarbonyl (C=S) groups is 1. The number of hydrogen-bond donors (Lipinski definition) is 2. The highest BCUT2D eigenvalue weighted by molar-refractivity contribution is 7.80. The molecule has 0 unspecified atom stereocenters. The molecule has 1 amide bonds. The molecule has 0 aromatic carbocycles. The van der Waals surface area contributed by atoms with Gasteiger partial charge in [0.05, 0.1) is 10.5 Å². The quantitative estimate of drug-likeness (QED) is 0.620. The average molecular weight is 296 g/mol. The molecule has 114 valence electrons. The van der Waals surface area contributed by atoms with E-state index in [1.807, 2.05) is 0 Å². The molecule has 2 saturated carbocycles. The first kappa shape index (κ1) is 15.7. The molecule has 2 fully saturated rings. The number of carbonyl (C=O) groups is 1. The van der Waals surface area contributed by atoms with E-state index in [1.54, 1.807) is 0 Å². The van der Waals surface area contributed by atoms with Crippen molar-refractivity contribution in [3.05, 3.63) is 0 Å². The molecule has 0 aromatic rings. The summed E-state index contributed by atoms with van der Waals surface area (Å²) in [5.74, 6) is 1.07. The summed E-state index contributed by atoms with van der Waals surface area (Å²) >= 11 is 5.28. The molecular weight excluding hydrogens is 268 g/mol. The van der Waals surface area contributed by atoms with Crippen LogP contribution in [-0.4, -0.2) is 16.4 Å². The Morgan fingerprint density at radius 2 is 1.65 bits per heavy atom. The van der Waals surface area contributed by atoms with Crippen LogP contribution in [0.4, 0.5) is 0 Å². The van der Waals surface area contributed by atoms with Crippen LogP contribution in [0.1, 0.15) is 71.1 Å². The van der Waals surface area contributed by atoms with Gasteiger partial charge in [-0.1, -0.05) is 44.8 Å².